The van der Waals surface area contributed by atoms with Crippen molar-refractivity contribution in [3.05, 3.63) is 71.8 Å². The number of aliphatic hydroxyl groups is 4. The van der Waals surface area contributed by atoms with E-state index < -0.39 is 49.1 Å². The molecule has 3 aromatic heterocycles. The summed E-state index contributed by atoms with van der Waals surface area (Å²) in [5.41, 5.74) is 4.76. The largest absolute Gasteiger partial charge is 0.508 e. The molecule has 5 heterocycles. The number of benzene rings is 3. The van der Waals surface area contributed by atoms with Crippen LogP contribution in [0.4, 0.5) is 0 Å². The number of ether oxygens (including phenoxy) is 1. The summed E-state index contributed by atoms with van der Waals surface area (Å²) in [5, 5.41) is 65.7. The van der Waals surface area contributed by atoms with Gasteiger partial charge in [-0.3, -0.25) is 19.6 Å². The van der Waals surface area contributed by atoms with Crippen molar-refractivity contribution in [3.8, 4) is 11.5 Å². The van der Waals surface area contributed by atoms with Crippen LogP contribution in [0, 0.1) is 0 Å². The molecule has 2 amide bonds. The number of rotatable bonds is 5. The Kier molecular flexibility index (Phi) is 6.27. The van der Waals surface area contributed by atoms with Crippen LogP contribution >= 0.6 is 0 Å². The minimum absolute atomic E-state index is 0.00779. The average Bonchev–Trinajstić information content (AvgIpc) is 3.66. The summed E-state index contributed by atoms with van der Waals surface area (Å²) in [4.78, 5) is 39.9. The molecule has 3 aromatic carbocycles. The first-order chi connectivity index (χ1) is 22.2. The zero-order valence-corrected chi connectivity index (χ0v) is 23.7. The topological polar surface area (TPSA) is 227 Å². The van der Waals surface area contributed by atoms with Gasteiger partial charge in [0.25, 0.3) is 11.8 Å². The summed E-state index contributed by atoms with van der Waals surface area (Å²) in [6.07, 6.45) is -3.31. The predicted octanol–water partition coefficient (Wildman–Crippen LogP) is 0.903. The maximum atomic E-state index is 14.3. The molecule has 2 aliphatic rings. The van der Waals surface area contributed by atoms with Crippen LogP contribution in [0.2, 0.25) is 0 Å². The molecule has 0 saturated carbocycles. The van der Waals surface area contributed by atoms with Gasteiger partial charge in [-0.1, -0.05) is 0 Å². The number of amides is 2. The van der Waals surface area contributed by atoms with Gasteiger partial charge in [0.2, 0.25) is 0 Å². The van der Waals surface area contributed by atoms with E-state index in [4.69, 9.17) is 4.74 Å². The second kappa shape index (κ2) is 10.2. The Morgan fingerprint density at radius 1 is 0.891 bits per heavy atom. The monoisotopic (exact) mass is 626 g/mol. The van der Waals surface area contributed by atoms with E-state index in [1.165, 1.54) is 47.4 Å². The number of hydrogen-bond acceptors (Lipinski definition) is 12. The first kappa shape index (κ1) is 28.3. The van der Waals surface area contributed by atoms with E-state index >= 15 is 0 Å². The third kappa shape index (κ3) is 3.87. The van der Waals surface area contributed by atoms with E-state index in [0.717, 1.165) is 5.01 Å². The quantitative estimate of drug-likeness (QED) is 0.125. The van der Waals surface area contributed by atoms with Gasteiger partial charge in [-0.25, -0.2) is 10.4 Å². The highest BCUT2D eigenvalue weighted by molar-refractivity contribution is 6.39. The summed E-state index contributed by atoms with van der Waals surface area (Å²) < 4.78 is 7.45. The number of phenols is 2. The Hall–Kier alpha value is -5.16. The van der Waals surface area contributed by atoms with Crippen LogP contribution in [-0.2, 0) is 11.3 Å². The Bertz CT molecular complexity index is 2230. The first-order valence-electron chi connectivity index (χ1n) is 14.3. The lowest BCUT2D eigenvalue weighted by Gasteiger charge is -2.41. The number of aromatic hydroxyl groups is 2. The van der Waals surface area contributed by atoms with Gasteiger partial charge in [0, 0.05) is 52.3 Å². The third-order valence-electron chi connectivity index (χ3n) is 8.75. The zero-order chi connectivity index (χ0) is 32.0. The number of aromatic nitrogens is 4. The Labute approximate surface area is 257 Å². The second-order valence-corrected chi connectivity index (χ2v) is 11.3. The molecular formula is C31H26N6O9. The summed E-state index contributed by atoms with van der Waals surface area (Å²) in [5.74, 6) is -1.53. The number of phenolic OH excluding ortho intramolecular Hbond substituents is 2. The number of imide groups is 1. The Morgan fingerprint density at radius 3 is 2.33 bits per heavy atom. The Balaban J connectivity index is 1.47. The van der Waals surface area contributed by atoms with Crippen LogP contribution < -0.4 is 5.43 Å². The molecule has 15 heteroatoms. The minimum Gasteiger partial charge on any atom is -0.508 e. The van der Waals surface area contributed by atoms with E-state index in [-0.39, 0.29) is 45.6 Å². The fourth-order valence-electron chi connectivity index (χ4n) is 6.70. The van der Waals surface area contributed by atoms with Crippen LogP contribution in [0.15, 0.2) is 55.0 Å². The smallest absolute Gasteiger partial charge is 0.276 e. The number of H-pyrrole nitrogens is 1. The van der Waals surface area contributed by atoms with Gasteiger partial charge in [-0.15, -0.1) is 0 Å². The van der Waals surface area contributed by atoms with Gasteiger partial charge >= 0.3 is 0 Å². The van der Waals surface area contributed by atoms with E-state index in [1.54, 1.807) is 12.1 Å². The van der Waals surface area contributed by atoms with E-state index in [1.807, 2.05) is 0 Å². The van der Waals surface area contributed by atoms with E-state index in [2.05, 4.69) is 20.4 Å². The summed E-state index contributed by atoms with van der Waals surface area (Å²) >= 11 is 0. The van der Waals surface area contributed by atoms with Crippen LogP contribution in [-0.4, -0.2) is 98.0 Å². The number of aromatic amines is 1. The molecule has 0 aliphatic carbocycles. The molecule has 8 rings (SSSR count). The SMILES string of the molecule is O=C1c2c(c3c4ccc(O)cc4n([C@@H]4O[C@H](CO)[C@@H](O)[C@H](O)[C@H]4O)c3c3[nH]c4cc(O)ccc4c23)C(=O)N1NCc1cnccn1. The summed E-state index contributed by atoms with van der Waals surface area (Å²) in [6.45, 7) is -0.673. The lowest BCUT2D eigenvalue weighted by molar-refractivity contribution is -0.249. The van der Waals surface area contributed by atoms with E-state index in [0.29, 0.717) is 32.9 Å². The fourth-order valence-corrected chi connectivity index (χ4v) is 6.70. The molecule has 15 nitrogen and oxygen atoms in total. The van der Waals surface area contributed by atoms with Crippen molar-refractivity contribution < 1.29 is 45.0 Å². The summed E-state index contributed by atoms with van der Waals surface area (Å²) in [6, 6.07) is 8.87. The van der Waals surface area contributed by atoms with Crippen LogP contribution in [0.5, 0.6) is 11.5 Å². The minimum atomic E-state index is -1.73. The number of aliphatic hydroxyl groups excluding tert-OH is 4. The van der Waals surface area contributed by atoms with Gasteiger partial charge in [0.05, 0.1) is 52.0 Å². The second-order valence-electron chi connectivity index (χ2n) is 11.3. The van der Waals surface area contributed by atoms with Crippen molar-refractivity contribution in [2.24, 2.45) is 0 Å². The molecule has 1 fully saturated rings. The molecule has 0 spiro atoms. The molecule has 6 aromatic rings. The first-order valence-corrected chi connectivity index (χ1v) is 14.3. The van der Waals surface area contributed by atoms with Gasteiger partial charge in [0.15, 0.2) is 6.23 Å². The number of carbonyl (C=O) groups is 2. The number of fused-ring (bicyclic) bond motifs is 10. The molecule has 0 bridgehead atoms. The Morgan fingerprint density at radius 2 is 1.61 bits per heavy atom. The molecule has 0 unspecified atom stereocenters. The summed E-state index contributed by atoms with van der Waals surface area (Å²) in [7, 11) is 0. The molecular weight excluding hydrogens is 600 g/mol. The molecule has 234 valence electrons. The highest BCUT2D eigenvalue weighted by Gasteiger charge is 2.47. The van der Waals surface area contributed by atoms with Crippen molar-refractivity contribution in [1.82, 2.24) is 30.0 Å². The van der Waals surface area contributed by atoms with Crippen molar-refractivity contribution in [3.63, 3.8) is 0 Å². The fraction of sp³-hybridized carbons (Fsp3) is 0.226. The maximum absolute atomic E-state index is 14.3. The number of carbonyl (C=O) groups excluding carboxylic acids is 2. The van der Waals surface area contributed by atoms with Gasteiger partial charge in [-0.05, 0) is 24.3 Å². The van der Waals surface area contributed by atoms with E-state index in [9.17, 15) is 40.2 Å². The van der Waals surface area contributed by atoms with Crippen molar-refractivity contribution in [1.29, 1.82) is 0 Å². The molecule has 8 N–H and O–H groups in total. The highest BCUT2D eigenvalue weighted by Crippen LogP contribution is 2.47. The average molecular weight is 627 g/mol. The maximum Gasteiger partial charge on any atom is 0.276 e. The number of hydrogen-bond donors (Lipinski definition) is 8. The number of hydrazine groups is 1. The number of nitrogens with zero attached hydrogens (tertiary/aromatic N) is 4. The van der Waals surface area contributed by atoms with Gasteiger partial charge in [0.1, 0.15) is 35.9 Å². The van der Waals surface area contributed by atoms with Crippen molar-refractivity contribution in [2.45, 2.75) is 37.2 Å². The van der Waals surface area contributed by atoms with Gasteiger partial charge < -0.3 is 44.9 Å². The molecule has 0 radical (unpaired) electrons. The lowest BCUT2D eigenvalue weighted by atomic mass is 9.96. The highest BCUT2D eigenvalue weighted by atomic mass is 16.6. The molecule has 1 saturated heterocycles. The number of nitrogens with one attached hydrogen (secondary N) is 2. The molecule has 2 aliphatic heterocycles. The normalized spacial score (nSPS) is 23.4. The van der Waals surface area contributed by atoms with Crippen molar-refractivity contribution in [2.75, 3.05) is 6.61 Å². The molecule has 5 atom stereocenters. The van der Waals surface area contributed by atoms with Crippen LogP contribution in [0.25, 0.3) is 43.6 Å². The van der Waals surface area contributed by atoms with Crippen molar-refractivity contribution >= 4 is 55.4 Å². The standard InChI is InChI=1S/C31H26N6O9/c38-11-19-26(41)27(42)28(43)31(46-19)36-18-8-14(40)2-4-16(18)21-23-22(20-15-3-1-13(39)7-17(15)35-24(20)25(21)36)29(44)37(30(23)45)34-10-12-9-32-5-6-33-12/h1-9,19,26-28,31,34-35,38-43H,10-11H2/t19-,26-,27+,28-,31-/m1/s1. The van der Waals surface area contributed by atoms with Gasteiger partial charge in [-0.2, -0.15) is 0 Å². The van der Waals surface area contributed by atoms with Crippen LogP contribution in [0.3, 0.4) is 0 Å². The predicted molar refractivity (Wildman–Crippen MR) is 161 cm³/mol. The van der Waals surface area contributed by atoms with Crippen LogP contribution in [0.1, 0.15) is 32.6 Å². The lowest BCUT2D eigenvalue weighted by Crippen LogP contribution is -2.56. The third-order valence-corrected chi connectivity index (χ3v) is 8.75. The zero-order valence-electron chi connectivity index (χ0n) is 23.7. The molecule has 46 heavy (non-hydrogen) atoms.